The second-order valence-corrected chi connectivity index (χ2v) is 5.19. The van der Waals surface area contributed by atoms with Gasteiger partial charge in [0.05, 0.1) is 18.2 Å². The van der Waals surface area contributed by atoms with Gasteiger partial charge in [0.1, 0.15) is 5.75 Å². The van der Waals surface area contributed by atoms with Gasteiger partial charge in [0, 0.05) is 5.56 Å². The molecule has 0 radical (unpaired) electrons. The van der Waals surface area contributed by atoms with Crippen LogP contribution in [0.1, 0.15) is 38.1 Å². The van der Waals surface area contributed by atoms with Gasteiger partial charge in [0.2, 0.25) is 0 Å². The first-order valence-electron chi connectivity index (χ1n) is 6.04. The Balaban J connectivity index is 2.80. The van der Waals surface area contributed by atoms with E-state index in [1.807, 2.05) is 19.9 Å². The summed E-state index contributed by atoms with van der Waals surface area (Å²) in [6.07, 6.45) is 0.0668. The van der Waals surface area contributed by atoms with E-state index < -0.39 is 5.54 Å². The van der Waals surface area contributed by atoms with Crippen molar-refractivity contribution in [3.05, 3.63) is 29.8 Å². The van der Waals surface area contributed by atoms with Crippen molar-refractivity contribution in [1.29, 1.82) is 0 Å². The molecule has 1 amide bonds. The molecule has 0 unspecified atom stereocenters. The van der Waals surface area contributed by atoms with Crippen molar-refractivity contribution < 1.29 is 14.6 Å². The second-order valence-electron chi connectivity index (χ2n) is 5.19. The zero-order chi connectivity index (χ0) is 13.8. The van der Waals surface area contributed by atoms with Crippen LogP contribution < -0.4 is 10.1 Å². The number of amides is 1. The molecule has 0 saturated carbocycles. The molecular weight excluding hydrogens is 230 g/mol. The highest BCUT2D eigenvalue weighted by molar-refractivity contribution is 5.95. The van der Waals surface area contributed by atoms with Gasteiger partial charge in [0.15, 0.2) is 0 Å². The molecule has 1 aromatic carbocycles. The lowest BCUT2D eigenvalue weighted by atomic mass is 10.1. The molecule has 0 aliphatic heterocycles. The average molecular weight is 251 g/mol. The number of carbonyl (C=O) groups is 1. The fourth-order valence-corrected chi connectivity index (χ4v) is 1.40. The molecule has 4 heteroatoms. The standard InChI is InChI=1S/C14H21NO3/c1-10(2)18-12-7-5-6-11(8-12)13(17)15-14(3,4)9-16/h5-8,10,16H,9H2,1-4H3,(H,15,17). The largest absolute Gasteiger partial charge is 0.491 e. The van der Waals surface area contributed by atoms with E-state index in [9.17, 15) is 4.79 Å². The van der Waals surface area contributed by atoms with Gasteiger partial charge >= 0.3 is 0 Å². The van der Waals surface area contributed by atoms with Crippen LogP contribution in [0.25, 0.3) is 0 Å². The maximum atomic E-state index is 12.0. The second kappa shape index (κ2) is 5.87. The summed E-state index contributed by atoms with van der Waals surface area (Å²) in [6.45, 7) is 7.28. The SMILES string of the molecule is CC(C)Oc1cccc(C(=O)NC(C)(C)CO)c1. The zero-order valence-corrected chi connectivity index (χ0v) is 11.4. The molecule has 0 heterocycles. The summed E-state index contributed by atoms with van der Waals surface area (Å²) in [7, 11) is 0. The van der Waals surface area contributed by atoms with Crippen molar-refractivity contribution in [2.45, 2.75) is 39.3 Å². The number of aliphatic hydroxyl groups excluding tert-OH is 1. The van der Waals surface area contributed by atoms with Crippen molar-refractivity contribution in [3.8, 4) is 5.75 Å². The summed E-state index contributed by atoms with van der Waals surface area (Å²) in [5.74, 6) is 0.447. The van der Waals surface area contributed by atoms with Gasteiger partial charge in [-0.15, -0.1) is 0 Å². The third-order valence-corrected chi connectivity index (χ3v) is 2.32. The van der Waals surface area contributed by atoms with E-state index in [1.165, 1.54) is 0 Å². The minimum absolute atomic E-state index is 0.0668. The fourth-order valence-electron chi connectivity index (χ4n) is 1.40. The highest BCUT2D eigenvalue weighted by atomic mass is 16.5. The molecule has 100 valence electrons. The van der Waals surface area contributed by atoms with Crippen LogP contribution in [0.5, 0.6) is 5.75 Å². The molecule has 4 nitrogen and oxygen atoms in total. The van der Waals surface area contributed by atoms with Crippen LogP contribution in [-0.2, 0) is 0 Å². The molecule has 1 aromatic rings. The maximum Gasteiger partial charge on any atom is 0.251 e. The molecule has 18 heavy (non-hydrogen) atoms. The summed E-state index contributed by atoms with van der Waals surface area (Å²) in [4.78, 5) is 12.0. The first kappa shape index (κ1) is 14.5. The summed E-state index contributed by atoms with van der Waals surface area (Å²) in [6, 6.07) is 7.01. The summed E-state index contributed by atoms with van der Waals surface area (Å²) >= 11 is 0. The van der Waals surface area contributed by atoms with Crippen molar-refractivity contribution in [2.75, 3.05) is 6.61 Å². The van der Waals surface area contributed by atoms with E-state index in [0.717, 1.165) is 0 Å². The summed E-state index contributed by atoms with van der Waals surface area (Å²) in [5, 5.41) is 11.9. The van der Waals surface area contributed by atoms with Gasteiger partial charge in [-0.2, -0.15) is 0 Å². The first-order chi connectivity index (χ1) is 8.34. The smallest absolute Gasteiger partial charge is 0.251 e. The molecule has 0 bridgehead atoms. The monoisotopic (exact) mass is 251 g/mol. The molecule has 2 N–H and O–H groups in total. The molecule has 0 atom stereocenters. The Morgan fingerprint density at radius 2 is 2.11 bits per heavy atom. The Morgan fingerprint density at radius 1 is 1.44 bits per heavy atom. The fraction of sp³-hybridized carbons (Fsp3) is 0.500. The Bertz CT molecular complexity index is 413. The van der Waals surface area contributed by atoms with Crippen LogP contribution in [0, 0.1) is 0 Å². The molecule has 0 aromatic heterocycles. The highest BCUT2D eigenvalue weighted by Crippen LogP contribution is 2.15. The normalized spacial score (nSPS) is 11.4. The Kier molecular flexibility index (Phi) is 4.73. The predicted octanol–water partition coefficient (Wildman–Crippen LogP) is 1.97. The molecular formula is C14H21NO3. The Morgan fingerprint density at radius 3 is 2.67 bits per heavy atom. The van der Waals surface area contributed by atoms with Gasteiger partial charge in [0.25, 0.3) is 5.91 Å². The number of ether oxygens (including phenoxy) is 1. The number of nitrogens with one attached hydrogen (secondary N) is 1. The van der Waals surface area contributed by atoms with E-state index in [-0.39, 0.29) is 18.6 Å². The third-order valence-electron chi connectivity index (χ3n) is 2.32. The molecule has 0 aliphatic carbocycles. The van der Waals surface area contributed by atoms with Crippen LogP contribution in [0.2, 0.25) is 0 Å². The topological polar surface area (TPSA) is 58.6 Å². The van der Waals surface area contributed by atoms with Gasteiger partial charge in [-0.3, -0.25) is 4.79 Å². The molecule has 0 aliphatic rings. The van der Waals surface area contributed by atoms with Crippen molar-refractivity contribution in [2.24, 2.45) is 0 Å². The van der Waals surface area contributed by atoms with Crippen molar-refractivity contribution in [3.63, 3.8) is 0 Å². The summed E-state index contributed by atoms with van der Waals surface area (Å²) in [5.41, 5.74) is -0.110. The van der Waals surface area contributed by atoms with E-state index in [1.54, 1.807) is 32.0 Å². The van der Waals surface area contributed by atoms with Gasteiger partial charge < -0.3 is 15.2 Å². The third kappa shape index (κ3) is 4.37. The Labute approximate surface area is 108 Å². The number of aliphatic hydroxyl groups is 1. The van der Waals surface area contributed by atoms with E-state index in [0.29, 0.717) is 11.3 Å². The van der Waals surface area contributed by atoms with E-state index in [2.05, 4.69) is 5.32 Å². The highest BCUT2D eigenvalue weighted by Gasteiger charge is 2.20. The number of benzene rings is 1. The van der Waals surface area contributed by atoms with Gasteiger partial charge in [-0.1, -0.05) is 6.07 Å². The molecule has 0 saturated heterocycles. The van der Waals surface area contributed by atoms with Crippen LogP contribution in [0.4, 0.5) is 0 Å². The van der Waals surface area contributed by atoms with Crippen LogP contribution in [-0.4, -0.2) is 29.3 Å². The lowest BCUT2D eigenvalue weighted by Gasteiger charge is -2.23. The molecule has 0 spiro atoms. The van der Waals surface area contributed by atoms with Crippen molar-refractivity contribution >= 4 is 5.91 Å². The number of rotatable bonds is 5. The summed E-state index contributed by atoms with van der Waals surface area (Å²) < 4.78 is 5.53. The number of carbonyl (C=O) groups excluding carboxylic acids is 1. The van der Waals surface area contributed by atoms with Crippen LogP contribution >= 0.6 is 0 Å². The minimum Gasteiger partial charge on any atom is -0.491 e. The lowest BCUT2D eigenvalue weighted by Crippen LogP contribution is -2.46. The maximum absolute atomic E-state index is 12.0. The first-order valence-corrected chi connectivity index (χ1v) is 6.04. The average Bonchev–Trinajstić information content (AvgIpc) is 2.28. The molecule has 0 fully saturated rings. The number of hydrogen-bond acceptors (Lipinski definition) is 3. The predicted molar refractivity (Wildman–Crippen MR) is 70.8 cm³/mol. The van der Waals surface area contributed by atoms with Crippen LogP contribution in [0.3, 0.4) is 0 Å². The van der Waals surface area contributed by atoms with E-state index >= 15 is 0 Å². The Hall–Kier alpha value is -1.55. The minimum atomic E-state index is -0.633. The van der Waals surface area contributed by atoms with Crippen LogP contribution in [0.15, 0.2) is 24.3 Å². The molecule has 1 rings (SSSR count). The zero-order valence-electron chi connectivity index (χ0n) is 11.4. The van der Waals surface area contributed by atoms with Gasteiger partial charge in [-0.25, -0.2) is 0 Å². The lowest BCUT2D eigenvalue weighted by molar-refractivity contribution is 0.0868. The quantitative estimate of drug-likeness (QED) is 0.841. The van der Waals surface area contributed by atoms with Gasteiger partial charge in [-0.05, 0) is 45.9 Å². The van der Waals surface area contributed by atoms with E-state index in [4.69, 9.17) is 9.84 Å². The van der Waals surface area contributed by atoms with Crippen molar-refractivity contribution in [1.82, 2.24) is 5.32 Å². The number of hydrogen-bond donors (Lipinski definition) is 2.